The molecule has 1 fully saturated rings. The van der Waals surface area contributed by atoms with Gasteiger partial charge in [0.1, 0.15) is 5.75 Å². The highest BCUT2D eigenvalue weighted by Crippen LogP contribution is 2.29. The molecule has 0 unspecified atom stereocenters. The Balaban J connectivity index is 1.33. The third-order valence-electron chi connectivity index (χ3n) is 5.24. The Morgan fingerprint density at radius 1 is 1.00 bits per heavy atom. The molecule has 1 saturated heterocycles. The van der Waals surface area contributed by atoms with Gasteiger partial charge in [0, 0.05) is 0 Å². The molecule has 0 spiro atoms. The number of hydrogen-bond acceptors (Lipinski definition) is 5. The van der Waals surface area contributed by atoms with Crippen LogP contribution in [0.4, 0.5) is 0 Å². The number of ether oxygens (including phenoxy) is 1. The molecular weight excluding hydrogens is 338 g/mol. The number of nitrogens with zero attached hydrogens (tertiary/aromatic N) is 3. The molecule has 0 aliphatic carbocycles. The van der Waals surface area contributed by atoms with Crippen LogP contribution in [-0.4, -0.2) is 35.3 Å². The molecule has 4 rings (SSSR count). The average molecular weight is 363 g/mol. The fraction of sp³-hybridized carbons (Fsp3) is 0.364. The predicted octanol–water partition coefficient (Wildman–Crippen LogP) is 4.20. The van der Waals surface area contributed by atoms with Crippen molar-refractivity contribution in [3.8, 4) is 17.2 Å². The predicted molar refractivity (Wildman–Crippen MR) is 104 cm³/mol. The van der Waals surface area contributed by atoms with Gasteiger partial charge in [0.2, 0.25) is 5.89 Å². The molecule has 27 heavy (non-hydrogen) atoms. The normalized spacial score (nSPS) is 15.7. The summed E-state index contributed by atoms with van der Waals surface area (Å²) < 4.78 is 11.3. The molecule has 140 valence electrons. The largest absolute Gasteiger partial charge is 0.496 e. The van der Waals surface area contributed by atoms with Gasteiger partial charge in [-0.2, -0.15) is 0 Å². The molecule has 1 aromatic heterocycles. The molecule has 2 heterocycles. The minimum Gasteiger partial charge on any atom is -0.496 e. The highest BCUT2D eigenvalue weighted by atomic mass is 16.5. The standard InChI is InChI=1S/C22H25N3O2/c1-26-20-10-6-5-9-19(20)22-24-23-21(27-22)16-25-13-11-18(12-14-25)15-17-7-3-2-4-8-17/h2-10,18H,11-16H2,1H3. The summed E-state index contributed by atoms with van der Waals surface area (Å²) in [6.45, 7) is 2.86. The van der Waals surface area contributed by atoms with E-state index < -0.39 is 0 Å². The van der Waals surface area contributed by atoms with Gasteiger partial charge >= 0.3 is 0 Å². The Morgan fingerprint density at radius 3 is 2.52 bits per heavy atom. The van der Waals surface area contributed by atoms with Gasteiger partial charge in [-0.3, -0.25) is 4.90 Å². The Morgan fingerprint density at radius 2 is 1.74 bits per heavy atom. The lowest BCUT2D eigenvalue weighted by molar-refractivity contribution is 0.164. The quantitative estimate of drug-likeness (QED) is 0.657. The second kappa shape index (κ2) is 8.35. The number of para-hydroxylation sites is 1. The first-order chi connectivity index (χ1) is 13.3. The number of aromatic nitrogens is 2. The highest BCUT2D eigenvalue weighted by molar-refractivity contribution is 5.62. The van der Waals surface area contributed by atoms with Crippen LogP contribution in [0.2, 0.25) is 0 Å². The van der Waals surface area contributed by atoms with Crippen molar-refractivity contribution in [2.75, 3.05) is 20.2 Å². The molecule has 0 bridgehead atoms. The van der Waals surface area contributed by atoms with Crippen molar-refractivity contribution in [3.63, 3.8) is 0 Å². The van der Waals surface area contributed by atoms with Crippen molar-refractivity contribution >= 4 is 0 Å². The van der Waals surface area contributed by atoms with E-state index in [1.54, 1.807) is 7.11 Å². The molecule has 5 nitrogen and oxygen atoms in total. The van der Waals surface area contributed by atoms with Gasteiger partial charge in [0.25, 0.3) is 5.89 Å². The molecule has 2 aromatic carbocycles. The first-order valence-corrected chi connectivity index (χ1v) is 9.54. The summed E-state index contributed by atoms with van der Waals surface area (Å²) in [6, 6.07) is 18.5. The lowest BCUT2D eigenvalue weighted by Gasteiger charge is -2.31. The van der Waals surface area contributed by atoms with Crippen LogP contribution in [0.5, 0.6) is 5.75 Å². The maximum absolute atomic E-state index is 5.89. The zero-order valence-corrected chi connectivity index (χ0v) is 15.7. The monoisotopic (exact) mass is 363 g/mol. The van der Waals surface area contributed by atoms with E-state index in [4.69, 9.17) is 9.15 Å². The maximum atomic E-state index is 5.89. The number of piperidine rings is 1. The van der Waals surface area contributed by atoms with Crippen molar-refractivity contribution in [2.24, 2.45) is 5.92 Å². The average Bonchev–Trinajstić information content (AvgIpc) is 3.18. The van der Waals surface area contributed by atoms with E-state index in [-0.39, 0.29) is 0 Å². The summed E-state index contributed by atoms with van der Waals surface area (Å²) in [7, 11) is 1.65. The Hall–Kier alpha value is -2.66. The fourth-order valence-corrected chi connectivity index (χ4v) is 3.74. The minimum atomic E-state index is 0.515. The second-order valence-electron chi connectivity index (χ2n) is 7.11. The molecule has 3 aromatic rings. The molecule has 0 amide bonds. The number of rotatable bonds is 6. The van der Waals surface area contributed by atoms with Gasteiger partial charge in [0.05, 0.1) is 19.2 Å². The van der Waals surface area contributed by atoms with E-state index in [1.807, 2.05) is 24.3 Å². The van der Waals surface area contributed by atoms with Gasteiger partial charge in [0.15, 0.2) is 0 Å². The molecule has 0 saturated carbocycles. The minimum absolute atomic E-state index is 0.515. The van der Waals surface area contributed by atoms with Crippen LogP contribution in [0, 0.1) is 5.92 Å². The summed E-state index contributed by atoms with van der Waals surface area (Å²) in [4.78, 5) is 2.40. The number of methoxy groups -OCH3 is 1. The van der Waals surface area contributed by atoms with E-state index >= 15 is 0 Å². The van der Waals surface area contributed by atoms with Crippen LogP contribution < -0.4 is 4.74 Å². The van der Waals surface area contributed by atoms with Crippen LogP contribution in [0.15, 0.2) is 59.0 Å². The van der Waals surface area contributed by atoms with Crippen molar-refractivity contribution in [3.05, 3.63) is 66.1 Å². The first kappa shape index (κ1) is 17.7. The van der Waals surface area contributed by atoms with Gasteiger partial charge in [-0.05, 0) is 56.0 Å². The maximum Gasteiger partial charge on any atom is 0.251 e. The second-order valence-corrected chi connectivity index (χ2v) is 7.11. The first-order valence-electron chi connectivity index (χ1n) is 9.54. The summed E-state index contributed by atoms with van der Waals surface area (Å²) >= 11 is 0. The highest BCUT2D eigenvalue weighted by Gasteiger charge is 2.21. The Kier molecular flexibility index (Phi) is 5.49. The summed E-state index contributed by atoms with van der Waals surface area (Å²) in [5.74, 6) is 2.68. The SMILES string of the molecule is COc1ccccc1-c1nnc(CN2CCC(Cc3ccccc3)CC2)o1. The molecule has 0 radical (unpaired) electrons. The van der Waals surface area contributed by atoms with Crippen LogP contribution >= 0.6 is 0 Å². The summed E-state index contributed by atoms with van der Waals surface area (Å²) in [6.07, 6.45) is 3.60. The number of hydrogen-bond donors (Lipinski definition) is 0. The molecule has 5 heteroatoms. The third kappa shape index (κ3) is 4.37. The van der Waals surface area contributed by atoms with E-state index in [1.165, 1.54) is 24.8 Å². The summed E-state index contributed by atoms with van der Waals surface area (Å²) in [5, 5.41) is 8.44. The topological polar surface area (TPSA) is 51.4 Å². The zero-order valence-electron chi connectivity index (χ0n) is 15.7. The van der Waals surface area contributed by atoms with Gasteiger partial charge in [-0.25, -0.2) is 0 Å². The van der Waals surface area contributed by atoms with Crippen molar-refractivity contribution in [2.45, 2.75) is 25.8 Å². The lowest BCUT2D eigenvalue weighted by Crippen LogP contribution is -2.33. The molecule has 1 aliphatic heterocycles. The lowest BCUT2D eigenvalue weighted by atomic mass is 9.90. The zero-order chi connectivity index (χ0) is 18.5. The van der Waals surface area contributed by atoms with Crippen molar-refractivity contribution in [1.29, 1.82) is 0 Å². The van der Waals surface area contributed by atoms with E-state index in [0.29, 0.717) is 18.3 Å². The number of benzene rings is 2. The van der Waals surface area contributed by atoms with E-state index in [2.05, 4.69) is 45.4 Å². The molecule has 0 N–H and O–H groups in total. The van der Waals surface area contributed by atoms with Crippen molar-refractivity contribution in [1.82, 2.24) is 15.1 Å². The van der Waals surface area contributed by atoms with Crippen molar-refractivity contribution < 1.29 is 9.15 Å². The number of likely N-dealkylation sites (tertiary alicyclic amines) is 1. The van der Waals surface area contributed by atoms with Crippen LogP contribution in [0.3, 0.4) is 0 Å². The van der Waals surface area contributed by atoms with Gasteiger partial charge in [-0.15, -0.1) is 10.2 Å². The molecule has 1 aliphatic rings. The smallest absolute Gasteiger partial charge is 0.251 e. The molecule has 0 atom stereocenters. The van der Waals surface area contributed by atoms with E-state index in [0.717, 1.165) is 30.3 Å². The summed E-state index contributed by atoms with van der Waals surface area (Å²) in [5.41, 5.74) is 2.27. The van der Waals surface area contributed by atoms with E-state index in [9.17, 15) is 0 Å². The fourth-order valence-electron chi connectivity index (χ4n) is 3.74. The van der Waals surface area contributed by atoms with Gasteiger partial charge in [-0.1, -0.05) is 42.5 Å². The van der Waals surface area contributed by atoms with Crippen LogP contribution in [0.1, 0.15) is 24.3 Å². The van der Waals surface area contributed by atoms with Crippen LogP contribution in [0.25, 0.3) is 11.5 Å². The Bertz CT molecular complexity index is 855. The van der Waals surface area contributed by atoms with Crippen LogP contribution in [-0.2, 0) is 13.0 Å². The Labute approximate surface area is 160 Å². The third-order valence-corrected chi connectivity index (χ3v) is 5.24. The molecular formula is C22H25N3O2. The van der Waals surface area contributed by atoms with Gasteiger partial charge < -0.3 is 9.15 Å².